The predicted molar refractivity (Wildman–Crippen MR) is 66.1 cm³/mol. The molecule has 1 aromatic rings. The molecule has 90 valence electrons. The van der Waals surface area contributed by atoms with Gasteiger partial charge in [-0.25, -0.2) is 8.42 Å². The second kappa shape index (κ2) is 5.46. The monoisotopic (exact) mass is 327 g/mol. The van der Waals surface area contributed by atoms with Crippen LogP contribution in [0.1, 0.15) is 0 Å². The van der Waals surface area contributed by atoms with Crippen molar-refractivity contribution in [3.05, 3.63) is 27.7 Å². The highest BCUT2D eigenvalue weighted by Crippen LogP contribution is 2.26. The van der Waals surface area contributed by atoms with E-state index < -0.39 is 10.0 Å². The zero-order chi connectivity index (χ0) is 12.3. The molecule has 16 heavy (non-hydrogen) atoms. The van der Waals surface area contributed by atoms with E-state index in [1.807, 2.05) is 0 Å². The molecule has 0 radical (unpaired) electrons. The van der Waals surface area contributed by atoms with Crippen LogP contribution in [0, 0.1) is 0 Å². The van der Waals surface area contributed by atoms with Gasteiger partial charge in [0.2, 0.25) is 10.0 Å². The highest BCUT2D eigenvalue weighted by molar-refractivity contribution is 9.10. The van der Waals surface area contributed by atoms with Gasteiger partial charge in [0.1, 0.15) is 4.90 Å². The van der Waals surface area contributed by atoms with Crippen LogP contribution in [0.2, 0.25) is 5.02 Å². The normalized spacial score (nSPS) is 12.1. The molecule has 0 aliphatic rings. The third kappa shape index (κ3) is 2.95. The van der Waals surface area contributed by atoms with E-state index in [0.29, 0.717) is 4.47 Å². The minimum absolute atomic E-state index is 0.0355. The first-order chi connectivity index (χ1) is 7.39. The molecule has 7 heteroatoms. The molecule has 0 unspecified atom stereocenters. The maximum Gasteiger partial charge on any atom is 0.244 e. The Morgan fingerprint density at radius 2 is 2.12 bits per heavy atom. The Labute approximate surface area is 108 Å². The van der Waals surface area contributed by atoms with E-state index in [2.05, 4.69) is 15.9 Å². The van der Waals surface area contributed by atoms with E-state index in [9.17, 15) is 8.42 Å². The van der Waals surface area contributed by atoms with Crippen LogP contribution >= 0.6 is 27.5 Å². The quantitative estimate of drug-likeness (QED) is 0.915. The smallest absolute Gasteiger partial charge is 0.244 e. The van der Waals surface area contributed by atoms with Gasteiger partial charge >= 0.3 is 0 Å². The Balaban J connectivity index is 3.17. The fourth-order valence-electron chi connectivity index (χ4n) is 1.11. The van der Waals surface area contributed by atoms with Crippen molar-refractivity contribution >= 4 is 37.6 Å². The minimum atomic E-state index is -3.63. The SMILES string of the molecule is CN(CCO)S(=O)(=O)c1ccc(Br)cc1Cl. The number of sulfonamides is 1. The van der Waals surface area contributed by atoms with E-state index in [-0.39, 0.29) is 23.1 Å². The standard InChI is InChI=1S/C9H11BrClNO3S/c1-12(4-5-13)16(14,15)9-3-2-7(10)6-8(9)11/h2-3,6,13H,4-5H2,1H3. The first-order valence-corrected chi connectivity index (χ1v) is 7.03. The van der Waals surface area contributed by atoms with Gasteiger partial charge in [0.15, 0.2) is 0 Å². The van der Waals surface area contributed by atoms with Crippen LogP contribution in [-0.2, 0) is 10.0 Å². The van der Waals surface area contributed by atoms with Crippen LogP contribution < -0.4 is 0 Å². The Morgan fingerprint density at radius 1 is 1.50 bits per heavy atom. The summed E-state index contributed by atoms with van der Waals surface area (Å²) in [6.45, 7) is -0.196. The predicted octanol–water partition coefficient (Wildman–Crippen LogP) is 1.72. The molecule has 0 bridgehead atoms. The molecular weight excluding hydrogens is 318 g/mol. The highest BCUT2D eigenvalue weighted by Gasteiger charge is 2.22. The van der Waals surface area contributed by atoms with E-state index in [4.69, 9.17) is 16.7 Å². The minimum Gasteiger partial charge on any atom is -0.395 e. The van der Waals surface area contributed by atoms with Gasteiger partial charge in [-0.15, -0.1) is 0 Å². The number of benzene rings is 1. The largest absolute Gasteiger partial charge is 0.395 e. The number of likely N-dealkylation sites (N-methyl/N-ethyl adjacent to an activating group) is 1. The first-order valence-electron chi connectivity index (χ1n) is 4.42. The van der Waals surface area contributed by atoms with E-state index >= 15 is 0 Å². The maximum atomic E-state index is 12.0. The third-order valence-electron chi connectivity index (χ3n) is 2.00. The zero-order valence-electron chi connectivity index (χ0n) is 8.52. The van der Waals surface area contributed by atoms with Crippen molar-refractivity contribution in [3.8, 4) is 0 Å². The zero-order valence-corrected chi connectivity index (χ0v) is 11.7. The first kappa shape index (κ1) is 13.9. The van der Waals surface area contributed by atoms with Gasteiger partial charge in [-0.1, -0.05) is 27.5 Å². The van der Waals surface area contributed by atoms with Crippen molar-refractivity contribution in [3.63, 3.8) is 0 Å². The number of hydrogen-bond acceptors (Lipinski definition) is 3. The number of rotatable bonds is 4. The molecule has 0 aliphatic carbocycles. The average molecular weight is 329 g/mol. The molecule has 1 aromatic carbocycles. The van der Waals surface area contributed by atoms with Gasteiger partial charge < -0.3 is 5.11 Å². The second-order valence-corrected chi connectivity index (χ2v) is 6.46. The molecule has 0 heterocycles. The maximum absolute atomic E-state index is 12.0. The van der Waals surface area contributed by atoms with Crippen LogP contribution in [-0.4, -0.2) is 38.0 Å². The average Bonchev–Trinajstić information content (AvgIpc) is 2.17. The van der Waals surface area contributed by atoms with E-state index in [1.54, 1.807) is 6.07 Å². The van der Waals surface area contributed by atoms with Gasteiger partial charge in [-0.2, -0.15) is 4.31 Å². The van der Waals surface area contributed by atoms with Gasteiger partial charge in [0.25, 0.3) is 0 Å². The van der Waals surface area contributed by atoms with Crippen molar-refractivity contribution in [1.29, 1.82) is 0 Å². The van der Waals surface area contributed by atoms with Gasteiger partial charge in [-0.05, 0) is 18.2 Å². The molecule has 0 fully saturated rings. The van der Waals surface area contributed by atoms with Crippen molar-refractivity contribution in [2.24, 2.45) is 0 Å². The summed E-state index contributed by atoms with van der Waals surface area (Å²) < 4.78 is 25.7. The topological polar surface area (TPSA) is 57.6 Å². The Morgan fingerprint density at radius 3 is 2.62 bits per heavy atom. The fourth-order valence-corrected chi connectivity index (χ4v) is 3.28. The molecule has 0 aliphatic heterocycles. The highest BCUT2D eigenvalue weighted by atomic mass is 79.9. The molecule has 0 amide bonds. The van der Waals surface area contributed by atoms with Gasteiger partial charge in [-0.3, -0.25) is 0 Å². The summed E-state index contributed by atoms with van der Waals surface area (Å²) in [6.07, 6.45) is 0. The van der Waals surface area contributed by atoms with E-state index in [1.165, 1.54) is 19.2 Å². The lowest BCUT2D eigenvalue weighted by atomic mass is 10.4. The molecule has 0 aromatic heterocycles. The molecule has 1 rings (SSSR count). The fraction of sp³-hybridized carbons (Fsp3) is 0.333. The molecule has 1 N–H and O–H groups in total. The summed E-state index contributed by atoms with van der Waals surface area (Å²) in [6, 6.07) is 4.54. The van der Waals surface area contributed by atoms with Crippen LogP contribution in [0.3, 0.4) is 0 Å². The number of nitrogens with zero attached hydrogens (tertiary/aromatic N) is 1. The van der Waals surface area contributed by atoms with Crippen LogP contribution in [0.15, 0.2) is 27.6 Å². The summed E-state index contributed by atoms with van der Waals surface area (Å²) in [7, 11) is -2.24. The summed E-state index contributed by atoms with van der Waals surface area (Å²) in [5, 5.41) is 8.87. The van der Waals surface area contributed by atoms with Gasteiger partial charge in [0, 0.05) is 18.1 Å². The van der Waals surface area contributed by atoms with Crippen LogP contribution in [0.5, 0.6) is 0 Å². The van der Waals surface area contributed by atoms with E-state index in [0.717, 1.165) is 4.31 Å². The Kier molecular flexibility index (Phi) is 4.75. The second-order valence-electron chi connectivity index (χ2n) is 3.12. The summed E-state index contributed by atoms with van der Waals surface area (Å²) in [4.78, 5) is 0.0355. The lowest BCUT2D eigenvalue weighted by Gasteiger charge is -2.16. The van der Waals surface area contributed by atoms with Gasteiger partial charge in [0.05, 0.1) is 11.6 Å². The summed E-state index contributed by atoms with van der Waals surface area (Å²) in [5.41, 5.74) is 0. The Bertz CT molecular complexity index is 478. The molecular formula is C9H11BrClNO3S. The van der Waals surface area contributed by atoms with Crippen molar-refractivity contribution < 1.29 is 13.5 Å². The molecule has 0 saturated heterocycles. The van der Waals surface area contributed by atoms with Crippen molar-refractivity contribution in [2.45, 2.75) is 4.90 Å². The molecule has 0 spiro atoms. The molecule has 4 nitrogen and oxygen atoms in total. The third-order valence-corrected chi connectivity index (χ3v) is 4.83. The Hall–Kier alpha value is -0.140. The lowest BCUT2D eigenvalue weighted by molar-refractivity contribution is 0.266. The van der Waals surface area contributed by atoms with Crippen molar-refractivity contribution in [1.82, 2.24) is 4.31 Å². The van der Waals surface area contributed by atoms with Crippen molar-refractivity contribution in [2.75, 3.05) is 20.2 Å². The van der Waals surface area contributed by atoms with Crippen LogP contribution in [0.4, 0.5) is 0 Å². The summed E-state index contributed by atoms with van der Waals surface area (Å²) in [5.74, 6) is 0. The lowest BCUT2D eigenvalue weighted by Crippen LogP contribution is -2.29. The number of aliphatic hydroxyl groups excluding tert-OH is 1. The van der Waals surface area contributed by atoms with Crippen LogP contribution in [0.25, 0.3) is 0 Å². The molecule has 0 saturated carbocycles. The number of halogens is 2. The number of hydrogen-bond donors (Lipinski definition) is 1. The number of aliphatic hydroxyl groups is 1. The summed E-state index contributed by atoms with van der Waals surface area (Å²) >= 11 is 9.06. The molecule has 0 atom stereocenters.